The van der Waals surface area contributed by atoms with E-state index < -0.39 is 17.1 Å². The molecule has 3 heterocycles. The molecule has 2 aliphatic rings. The molecular formula is C28H20Cl2N2O4S2. The second kappa shape index (κ2) is 9.93. The number of aryl methyl sites for hydroxylation is 1. The molecule has 2 amide bonds. The van der Waals surface area contributed by atoms with Crippen molar-refractivity contribution in [1.29, 1.82) is 0 Å². The van der Waals surface area contributed by atoms with Gasteiger partial charge in [-0.05, 0) is 55.0 Å². The number of benzene rings is 3. The first kappa shape index (κ1) is 25.2. The first-order valence-corrected chi connectivity index (χ1v) is 14.3. The third-order valence-electron chi connectivity index (χ3n) is 6.73. The number of halogens is 2. The van der Waals surface area contributed by atoms with Gasteiger partial charge < -0.3 is 9.72 Å². The lowest BCUT2D eigenvalue weighted by molar-refractivity contribution is -0.122. The second-order valence-corrected chi connectivity index (χ2v) is 12.2. The molecule has 192 valence electrons. The van der Waals surface area contributed by atoms with Gasteiger partial charge in [0.2, 0.25) is 11.8 Å². The Morgan fingerprint density at radius 1 is 0.921 bits per heavy atom. The summed E-state index contributed by atoms with van der Waals surface area (Å²) in [5, 5.41) is 0.991. The molecule has 4 aromatic rings. The molecule has 1 N–H and O–H groups in total. The highest BCUT2D eigenvalue weighted by molar-refractivity contribution is 8.00. The number of carbonyl (C=O) groups excluding carboxylic acids is 2. The maximum atomic E-state index is 14.0. The molecule has 0 bridgehead atoms. The van der Waals surface area contributed by atoms with Gasteiger partial charge in [-0.1, -0.05) is 76.1 Å². The summed E-state index contributed by atoms with van der Waals surface area (Å²) in [6.45, 7) is 2.21. The largest absolute Gasteiger partial charge is 0.489 e. The maximum Gasteiger partial charge on any atom is 0.305 e. The Bertz CT molecular complexity index is 1620. The van der Waals surface area contributed by atoms with E-state index in [9.17, 15) is 14.4 Å². The summed E-state index contributed by atoms with van der Waals surface area (Å²) in [5.41, 5.74) is 3.13. The predicted octanol–water partition coefficient (Wildman–Crippen LogP) is 6.43. The van der Waals surface area contributed by atoms with E-state index in [1.807, 2.05) is 31.2 Å². The van der Waals surface area contributed by atoms with Gasteiger partial charge >= 0.3 is 4.87 Å². The topological polar surface area (TPSA) is 79.5 Å². The molecule has 38 heavy (non-hydrogen) atoms. The summed E-state index contributed by atoms with van der Waals surface area (Å²) in [4.78, 5) is 44.6. The first-order chi connectivity index (χ1) is 18.3. The molecular weight excluding hydrogens is 563 g/mol. The molecule has 2 unspecified atom stereocenters. The van der Waals surface area contributed by atoms with E-state index in [1.54, 1.807) is 42.5 Å². The Balaban J connectivity index is 1.44. The molecule has 1 saturated heterocycles. The van der Waals surface area contributed by atoms with Crippen molar-refractivity contribution in [2.75, 3.05) is 4.90 Å². The minimum atomic E-state index is -0.732. The van der Waals surface area contributed by atoms with Gasteiger partial charge in [-0.15, -0.1) is 0 Å². The number of hydrogen-bond acceptors (Lipinski definition) is 6. The number of H-pyrrole nitrogens is 1. The van der Waals surface area contributed by atoms with Crippen LogP contribution >= 0.6 is 46.3 Å². The van der Waals surface area contributed by atoms with Gasteiger partial charge in [-0.3, -0.25) is 14.4 Å². The molecule has 1 aromatic heterocycles. The number of thioether (sulfide) groups is 1. The highest BCUT2D eigenvalue weighted by atomic mass is 35.5. The zero-order valence-corrected chi connectivity index (χ0v) is 23.1. The second-order valence-electron chi connectivity index (χ2n) is 9.19. The van der Waals surface area contributed by atoms with E-state index in [0.717, 1.165) is 22.5 Å². The summed E-state index contributed by atoms with van der Waals surface area (Å²) in [7, 11) is 0. The van der Waals surface area contributed by atoms with E-state index in [-0.39, 0.29) is 23.3 Å². The zero-order valence-electron chi connectivity index (χ0n) is 19.9. The number of hydrogen-bond donors (Lipinski definition) is 1. The van der Waals surface area contributed by atoms with Crippen molar-refractivity contribution in [2.45, 2.75) is 29.7 Å². The normalized spacial score (nSPS) is 20.4. The zero-order chi connectivity index (χ0) is 26.6. The van der Waals surface area contributed by atoms with Crippen LogP contribution in [0, 0.1) is 12.8 Å². The lowest BCUT2D eigenvalue weighted by Gasteiger charge is -2.31. The molecule has 10 heteroatoms. The number of nitrogens with one attached hydrogen (secondary N) is 1. The fourth-order valence-corrected chi connectivity index (χ4v) is 7.75. The summed E-state index contributed by atoms with van der Waals surface area (Å²) < 4.78 is 6.23. The molecule has 2 aliphatic heterocycles. The van der Waals surface area contributed by atoms with Crippen LogP contribution in [0.25, 0.3) is 0 Å². The van der Waals surface area contributed by atoms with Crippen LogP contribution in [0.5, 0.6) is 5.75 Å². The van der Waals surface area contributed by atoms with Gasteiger partial charge in [0.25, 0.3) is 0 Å². The van der Waals surface area contributed by atoms with Crippen LogP contribution in [0.3, 0.4) is 0 Å². The monoisotopic (exact) mass is 582 g/mol. The number of aromatic amines is 1. The van der Waals surface area contributed by atoms with Crippen molar-refractivity contribution in [3.05, 3.63) is 108 Å². The fraction of sp³-hybridized carbons (Fsp3) is 0.179. The molecule has 3 aromatic carbocycles. The average Bonchev–Trinajstić information content (AvgIpc) is 3.39. The molecule has 3 atom stereocenters. The lowest BCUT2D eigenvalue weighted by Crippen LogP contribution is -2.32. The van der Waals surface area contributed by atoms with Crippen molar-refractivity contribution in [3.63, 3.8) is 0 Å². The minimum absolute atomic E-state index is 0.242. The van der Waals surface area contributed by atoms with Gasteiger partial charge in [0, 0.05) is 26.4 Å². The van der Waals surface area contributed by atoms with Crippen molar-refractivity contribution in [3.8, 4) is 5.75 Å². The third-order valence-corrected chi connectivity index (χ3v) is 9.62. The van der Waals surface area contributed by atoms with Gasteiger partial charge in [-0.25, -0.2) is 4.90 Å². The Morgan fingerprint density at radius 2 is 1.63 bits per heavy atom. The number of thiazole rings is 1. The van der Waals surface area contributed by atoms with Gasteiger partial charge in [-0.2, -0.15) is 0 Å². The van der Waals surface area contributed by atoms with E-state index in [1.165, 1.54) is 16.7 Å². The van der Waals surface area contributed by atoms with E-state index in [4.69, 9.17) is 27.9 Å². The lowest BCUT2D eigenvalue weighted by atomic mass is 9.82. The molecule has 6 rings (SSSR count). The van der Waals surface area contributed by atoms with Crippen LogP contribution in [-0.2, 0) is 16.2 Å². The van der Waals surface area contributed by atoms with Gasteiger partial charge in [0.05, 0.1) is 16.6 Å². The highest BCUT2D eigenvalue weighted by Crippen LogP contribution is 2.54. The quantitative estimate of drug-likeness (QED) is 0.274. The summed E-state index contributed by atoms with van der Waals surface area (Å²) >= 11 is 14.7. The molecule has 0 radical (unpaired) electrons. The number of rotatable bonds is 5. The summed E-state index contributed by atoms with van der Waals surface area (Å²) in [6.07, 6.45) is 0. The number of carbonyl (C=O) groups is 2. The average molecular weight is 584 g/mol. The van der Waals surface area contributed by atoms with Crippen molar-refractivity contribution in [2.24, 2.45) is 5.92 Å². The third kappa shape index (κ3) is 4.45. The van der Waals surface area contributed by atoms with Crippen molar-refractivity contribution >= 4 is 63.8 Å². The number of ether oxygens (including phenoxy) is 1. The molecule has 0 aliphatic carbocycles. The Kier molecular flexibility index (Phi) is 6.60. The fourth-order valence-electron chi connectivity index (χ4n) is 4.94. The van der Waals surface area contributed by atoms with Crippen LogP contribution in [0.2, 0.25) is 10.0 Å². The summed E-state index contributed by atoms with van der Waals surface area (Å²) in [6, 6.07) is 19.9. The molecule has 6 nitrogen and oxygen atoms in total. The Labute approximate surface area is 236 Å². The van der Waals surface area contributed by atoms with E-state index in [0.29, 0.717) is 36.9 Å². The van der Waals surface area contributed by atoms with Gasteiger partial charge in [0.15, 0.2) is 0 Å². The molecule has 0 spiro atoms. The molecule has 1 fully saturated rings. The van der Waals surface area contributed by atoms with Crippen molar-refractivity contribution < 1.29 is 14.3 Å². The molecule has 0 saturated carbocycles. The van der Waals surface area contributed by atoms with Gasteiger partial charge in [0.1, 0.15) is 17.6 Å². The number of fused-ring (bicyclic) bond motifs is 2. The Hall–Kier alpha value is -3.04. The smallest absolute Gasteiger partial charge is 0.305 e. The SMILES string of the molecule is Cc1ccc(N2C(=O)C3Sc4[nH]c(=O)sc4[C@H](c4cc(Cl)ccc4OCc4ccc(Cl)cc4)C3C2=O)cc1. The van der Waals surface area contributed by atoms with E-state index in [2.05, 4.69) is 4.98 Å². The van der Waals surface area contributed by atoms with Crippen LogP contribution < -0.4 is 14.5 Å². The van der Waals surface area contributed by atoms with E-state index >= 15 is 0 Å². The summed E-state index contributed by atoms with van der Waals surface area (Å²) in [5.74, 6) is -1.41. The minimum Gasteiger partial charge on any atom is -0.489 e. The van der Waals surface area contributed by atoms with Crippen LogP contribution in [0.15, 0.2) is 76.6 Å². The number of aromatic nitrogens is 1. The maximum absolute atomic E-state index is 14.0. The van der Waals surface area contributed by atoms with Crippen LogP contribution in [-0.4, -0.2) is 22.0 Å². The number of imide groups is 1. The standard InChI is InChI=1S/C28H20Cl2N2O4S2/c1-14-2-9-18(10-3-14)32-26(33)22-21(23-25(31-28(35)38-23)37-24(22)27(32)34)19-12-17(30)8-11-20(19)36-13-15-4-6-16(29)7-5-15/h2-12,21-22,24H,13H2,1H3,(H,31,35)/t21-,22?,24?/m1/s1. The highest BCUT2D eigenvalue weighted by Gasteiger charge is 2.56. The van der Waals surface area contributed by atoms with Crippen molar-refractivity contribution in [1.82, 2.24) is 4.98 Å². The predicted molar refractivity (Wildman–Crippen MR) is 151 cm³/mol. The van der Waals surface area contributed by atoms with Crippen LogP contribution in [0.1, 0.15) is 27.5 Å². The van der Waals surface area contributed by atoms with Crippen LogP contribution in [0.4, 0.5) is 5.69 Å². The number of nitrogens with zero attached hydrogens (tertiary/aromatic N) is 1. The number of anilines is 1. The Morgan fingerprint density at radius 3 is 2.37 bits per heavy atom. The first-order valence-electron chi connectivity index (χ1n) is 11.8. The number of amides is 2.